The van der Waals surface area contributed by atoms with Crippen LogP contribution in [-0.4, -0.2) is 46.9 Å². The van der Waals surface area contributed by atoms with Gasteiger partial charge in [-0.2, -0.15) is 4.98 Å². The first kappa shape index (κ1) is 21.3. The number of hydrogen-bond acceptors (Lipinski definition) is 6. The van der Waals surface area contributed by atoms with E-state index in [0.717, 1.165) is 12.1 Å². The summed E-state index contributed by atoms with van der Waals surface area (Å²) in [5.41, 5.74) is 1.45. The van der Waals surface area contributed by atoms with E-state index in [0.29, 0.717) is 36.8 Å². The van der Waals surface area contributed by atoms with Crippen LogP contribution in [-0.2, 0) is 6.42 Å². The lowest BCUT2D eigenvalue weighted by Gasteiger charge is -2.14. The molecule has 0 saturated carbocycles. The molecule has 0 aliphatic carbocycles. The van der Waals surface area contributed by atoms with Gasteiger partial charge in [-0.15, -0.1) is 12.4 Å². The fraction of sp³-hybridized carbons (Fsp3) is 0.526. The van der Waals surface area contributed by atoms with Crippen LogP contribution in [0.4, 0.5) is 0 Å². The molecule has 0 bridgehead atoms. The molecular formula is C19H27ClN4O3. The van der Waals surface area contributed by atoms with Crippen LogP contribution in [0.2, 0.25) is 0 Å². The SMILES string of the molecule is CC(C)(C)Cc1nc(-c2ccc(C(=O)NCC3CNCC3O)cc2)no1.Cl. The molecule has 1 aromatic carbocycles. The molecule has 8 heteroatoms. The molecule has 3 N–H and O–H groups in total. The van der Waals surface area contributed by atoms with Crippen LogP contribution in [0.15, 0.2) is 28.8 Å². The molecule has 7 nitrogen and oxygen atoms in total. The second-order valence-electron chi connectivity index (χ2n) is 8.02. The smallest absolute Gasteiger partial charge is 0.251 e. The maximum Gasteiger partial charge on any atom is 0.251 e. The molecule has 1 aliphatic heterocycles. The Bertz CT molecular complexity index is 755. The van der Waals surface area contributed by atoms with E-state index < -0.39 is 6.10 Å². The van der Waals surface area contributed by atoms with E-state index in [4.69, 9.17) is 4.52 Å². The monoisotopic (exact) mass is 394 g/mol. The van der Waals surface area contributed by atoms with Crippen molar-refractivity contribution in [3.05, 3.63) is 35.7 Å². The lowest BCUT2D eigenvalue weighted by atomic mass is 9.92. The van der Waals surface area contributed by atoms with E-state index in [2.05, 4.69) is 41.5 Å². The molecule has 2 unspecified atom stereocenters. The van der Waals surface area contributed by atoms with Crippen LogP contribution < -0.4 is 10.6 Å². The third-order valence-electron chi connectivity index (χ3n) is 4.38. The third kappa shape index (κ3) is 5.76. The fourth-order valence-electron chi connectivity index (χ4n) is 2.92. The molecule has 0 spiro atoms. The number of hydrogen-bond donors (Lipinski definition) is 3. The number of nitrogens with one attached hydrogen (secondary N) is 2. The lowest BCUT2D eigenvalue weighted by Crippen LogP contribution is -2.34. The molecule has 0 radical (unpaired) electrons. The molecule has 1 fully saturated rings. The highest BCUT2D eigenvalue weighted by Gasteiger charge is 2.25. The Morgan fingerprint density at radius 2 is 2.00 bits per heavy atom. The maximum absolute atomic E-state index is 12.3. The Morgan fingerprint density at radius 1 is 1.30 bits per heavy atom. The fourth-order valence-corrected chi connectivity index (χ4v) is 2.92. The van der Waals surface area contributed by atoms with E-state index in [-0.39, 0.29) is 29.6 Å². The Kier molecular flexibility index (Phi) is 6.97. The van der Waals surface area contributed by atoms with Crippen molar-refractivity contribution in [3.63, 3.8) is 0 Å². The maximum atomic E-state index is 12.3. The van der Waals surface area contributed by atoms with Gasteiger partial charge < -0.3 is 20.3 Å². The number of benzene rings is 1. The minimum absolute atomic E-state index is 0. The average molecular weight is 395 g/mol. The highest BCUT2D eigenvalue weighted by atomic mass is 35.5. The van der Waals surface area contributed by atoms with Crippen LogP contribution in [0.5, 0.6) is 0 Å². The first-order chi connectivity index (χ1) is 12.3. The topological polar surface area (TPSA) is 100 Å². The number of carbonyl (C=O) groups excluding carboxylic acids is 1. The van der Waals surface area contributed by atoms with E-state index >= 15 is 0 Å². The van der Waals surface area contributed by atoms with Gasteiger partial charge in [-0.05, 0) is 17.5 Å². The number of rotatable bonds is 5. The molecule has 2 atom stereocenters. The third-order valence-corrected chi connectivity index (χ3v) is 4.38. The lowest BCUT2D eigenvalue weighted by molar-refractivity contribution is 0.0927. The minimum atomic E-state index is -0.404. The molecular weight excluding hydrogens is 368 g/mol. The normalized spacial score (nSPS) is 19.6. The molecule has 1 amide bonds. The average Bonchev–Trinajstić information content (AvgIpc) is 3.20. The molecule has 2 aromatic rings. The van der Waals surface area contributed by atoms with Gasteiger partial charge >= 0.3 is 0 Å². The summed E-state index contributed by atoms with van der Waals surface area (Å²) in [7, 11) is 0. The van der Waals surface area contributed by atoms with Crippen molar-refractivity contribution in [2.24, 2.45) is 11.3 Å². The van der Waals surface area contributed by atoms with Crippen molar-refractivity contribution >= 4 is 18.3 Å². The number of amides is 1. The largest absolute Gasteiger partial charge is 0.391 e. The van der Waals surface area contributed by atoms with Gasteiger partial charge in [0.05, 0.1) is 6.10 Å². The second-order valence-corrected chi connectivity index (χ2v) is 8.02. The number of aromatic nitrogens is 2. The van der Waals surface area contributed by atoms with Crippen LogP contribution in [0.3, 0.4) is 0 Å². The van der Waals surface area contributed by atoms with Gasteiger partial charge in [0.15, 0.2) is 0 Å². The number of β-amino-alcohol motifs (C(OH)–C–C–N with tert-alkyl or cyclic N) is 1. The standard InChI is InChI=1S/C19H26N4O3.ClH/c1-19(2,3)8-16-22-17(23-26-16)12-4-6-13(7-5-12)18(25)21-10-14-9-20-11-15(14)24;/h4-7,14-15,20,24H,8-11H2,1-3H3,(H,21,25);1H. The molecule has 1 aromatic heterocycles. The number of carbonyl (C=O) groups is 1. The van der Waals surface area contributed by atoms with Crippen LogP contribution >= 0.6 is 12.4 Å². The van der Waals surface area contributed by atoms with Gasteiger partial charge in [-0.3, -0.25) is 4.79 Å². The van der Waals surface area contributed by atoms with Crippen molar-refractivity contribution < 1.29 is 14.4 Å². The highest BCUT2D eigenvalue weighted by Crippen LogP contribution is 2.22. The molecule has 1 saturated heterocycles. The summed E-state index contributed by atoms with van der Waals surface area (Å²) in [6.07, 6.45) is 0.306. The molecule has 2 heterocycles. The molecule has 3 rings (SSSR count). The van der Waals surface area contributed by atoms with Crippen LogP contribution in [0.1, 0.15) is 37.0 Å². The summed E-state index contributed by atoms with van der Waals surface area (Å²) >= 11 is 0. The summed E-state index contributed by atoms with van der Waals surface area (Å²) in [4.78, 5) is 16.7. The van der Waals surface area contributed by atoms with Crippen LogP contribution in [0.25, 0.3) is 11.4 Å². The van der Waals surface area contributed by atoms with Crippen molar-refractivity contribution in [3.8, 4) is 11.4 Å². The van der Waals surface area contributed by atoms with Gasteiger partial charge in [0, 0.05) is 43.1 Å². The van der Waals surface area contributed by atoms with E-state index in [1.165, 1.54) is 0 Å². The van der Waals surface area contributed by atoms with Crippen molar-refractivity contribution in [1.82, 2.24) is 20.8 Å². The first-order valence-corrected chi connectivity index (χ1v) is 8.92. The summed E-state index contributed by atoms with van der Waals surface area (Å²) in [6.45, 7) is 8.10. The Hall–Kier alpha value is -1.96. The Labute approximate surface area is 165 Å². The predicted molar refractivity (Wildman–Crippen MR) is 105 cm³/mol. The van der Waals surface area contributed by atoms with Crippen molar-refractivity contribution in [2.75, 3.05) is 19.6 Å². The van der Waals surface area contributed by atoms with E-state index in [1.54, 1.807) is 12.1 Å². The number of aliphatic hydroxyl groups is 1. The second kappa shape index (κ2) is 8.82. The minimum Gasteiger partial charge on any atom is -0.391 e. The highest BCUT2D eigenvalue weighted by molar-refractivity contribution is 5.94. The van der Waals surface area contributed by atoms with Gasteiger partial charge in [0.2, 0.25) is 11.7 Å². The van der Waals surface area contributed by atoms with E-state index in [1.807, 2.05) is 12.1 Å². The van der Waals surface area contributed by atoms with Crippen molar-refractivity contribution in [1.29, 1.82) is 0 Å². The molecule has 1 aliphatic rings. The Morgan fingerprint density at radius 3 is 2.59 bits per heavy atom. The first-order valence-electron chi connectivity index (χ1n) is 8.92. The predicted octanol–water partition coefficient (Wildman–Crippen LogP) is 2.06. The van der Waals surface area contributed by atoms with Gasteiger partial charge in [-0.1, -0.05) is 38.1 Å². The zero-order valence-corrected chi connectivity index (χ0v) is 16.7. The Balaban J connectivity index is 0.00000261. The summed E-state index contributed by atoms with van der Waals surface area (Å²) in [5.74, 6) is 1.03. The van der Waals surface area contributed by atoms with Crippen LogP contribution in [0, 0.1) is 11.3 Å². The van der Waals surface area contributed by atoms with Crippen molar-refractivity contribution in [2.45, 2.75) is 33.3 Å². The van der Waals surface area contributed by atoms with Gasteiger partial charge in [0.1, 0.15) is 0 Å². The summed E-state index contributed by atoms with van der Waals surface area (Å²) in [5, 5.41) is 19.8. The quantitative estimate of drug-likeness (QED) is 0.717. The zero-order chi connectivity index (χ0) is 18.7. The van der Waals surface area contributed by atoms with Gasteiger partial charge in [-0.25, -0.2) is 0 Å². The molecule has 148 valence electrons. The number of aliphatic hydroxyl groups excluding tert-OH is 1. The number of halogens is 1. The van der Waals surface area contributed by atoms with E-state index in [9.17, 15) is 9.90 Å². The number of nitrogens with zero attached hydrogens (tertiary/aromatic N) is 2. The summed E-state index contributed by atoms with van der Waals surface area (Å²) in [6, 6.07) is 7.11. The zero-order valence-electron chi connectivity index (χ0n) is 15.9. The summed E-state index contributed by atoms with van der Waals surface area (Å²) < 4.78 is 5.31. The van der Waals surface area contributed by atoms with Gasteiger partial charge in [0.25, 0.3) is 5.91 Å². The molecule has 27 heavy (non-hydrogen) atoms.